The van der Waals surface area contributed by atoms with Gasteiger partial charge in [-0.15, -0.1) is 0 Å². The van der Waals surface area contributed by atoms with Gasteiger partial charge in [0.15, 0.2) is 6.61 Å². The van der Waals surface area contributed by atoms with Gasteiger partial charge < -0.3 is 14.7 Å². The van der Waals surface area contributed by atoms with Crippen molar-refractivity contribution in [2.45, 2.75) is 25.7 Å². The molecule has 0 saturated carbocycles. The second-order valence-corrected chi connectivity index (χ2v) is 5.38. The molecule has 0 unspecified atom stereocenters. The maximum absolute atomic E-state index is 12.1. The molecule has 114 valence electrons. The molecule has 0 bridgehead atoms. The highest BCUT2D eigenvalue weighted by Gasteiger charge is 2.22. The Hall–Kier alpha value is -2.04. The molecule has 2 rings (SSSR count). The van der Waals surface area contributed by atoms with Crippen molar-refractivity contribution in [1.29, 1.82) is 0 Å². The average Bonchev–Trinajstić information content (AvgIpc) is 2.71. The van der Waals surface area contributed by atoms with Crippen molar-refractivity contribution < 1.29 is 19.4 Å². The third-order valence-corrected chi connectivity index (χ3v) is 3.77. The van der Waals surface area contributed by atoms with Crippen LogP contribution in [0.1, 0.15) is 25.7 Å². The Morgan fingerprint density at radius 3 is 2.67 bits per heavy atom. The highest BCUT2D eigenvalue weighted by Crippen LogP contribution is 2.21. The van der Waals surface area contributed by atoms with E-state index in [9.17, 15) is 9.59 Å². The number of hydrogen-bond acceptors (Lipinski definition) is 3. The normalized spacial score (nSPS) is 18.9. The highest BCUT2D eigenvalue weighted by molar-refractivity contribution is 5.77. The Kier molecular flexibility index (Phi) is 5.60. The fraction of sp³-hybridized carbons (Fsp3) is 0.500. The molecule has 0 aromatic heterocycles. The fourth-order valence-corrected chi connectivity index (χ4v) is 2.62. The van der Waals surface area contributed by atoms with E-state index in [1.165, 1.54) is 0 Å². The lowest BCUT2D eigenvalue weighted by Crippen LogP contribution is -2.35. The number of carbonyl (C=O) groups excluding carboxylic acids is 1. The van der Waals surface area contributed by atoms with E-state index in [1.807, 2.05) is 30.3 Å². The van der Waals surface area contributed by atoms with Crippen molar-refractivity contribution in [3.8, 4) is 5.75 Å². The fourth-order valence-electron chi connectivity index (χ4n) is 2.62. The second kappa shape index (κ2) is 7.67. The van der Waals surface area contributed by atoms with E-state index in [1.54, 1.807) is 4.90 Å². The predicted octanol–water partition coefficient (Wildman–Crippen LogP) is 2.17. The smallest absolute Gasteiger partial charge is 0.303 e. The highest BCUT2D eigenvalue weighted by atomic mass is 16.5. The Bertz CT molecular complexity index is 474. The van der Waals surface area contributed by atoms with Crippen molar-refractivity contribution in [3.63, 3.8) is 0 Å². The summed E-state index contributed by atoms with van der Waals surface area (Å²) in [4.78, 5) is 24.7. The largest absolute Gasteiger partial charge is 0.484 e. The van der Waals surface area contributed by atoms with Crippen LogP contribution in [0.5, 0.6) is 5.75 Å². The van der Waals surface area contributed by atoms with Gasteiger partial charge >= 0.3 is 5.97 Å². The first-order chi connectivity index (χ1) is 10.1. The van der Waals surface area contributed by atoms with Gasteiger partial charge in [-0.3, -0.25) is 9.59 Å². The van der Waals surface area contributed by atoms with Crippen LogP contribution in [0.2, 0.25) is 0 Å². The molecule has 0 spiro atoms. The number of rotatable bonds is 5. The minimum absolute atomic E-state index is 0.0326. The van der Waals surface area contributed by atoms with Crippen molar-refractivity contribution in [2.75, 3.05) is 19.7 Å². The Morgan fingerprint density at radius 1 is 1.19 bits per heavy atom. The van der Waals surface area contributed by atoms with Gasteiger partial charge in [0, 0.05) is 19.5 Å². The van der Waals surface area contributed by atoms with Crippen LogP contribution in [0.3, 0.4) is 0 Å². The van der Waals surface area contributed by atoms with Crippen LogP contribution in [0, 0.1) is 5.92 Å². The number of aliphatic carboxylic acids is 1. The minimum atomic E-state index is -0.757. The van der Waals surface area contributed by atoms with Gasteiger partial charge in [0.2, 0.25) is 0 Å². The summed E-state index contributed by atoms with van der Waals surface area (Å²) in [6.07, 6.45) is 2.68. The lowest BCUT2D eigenvalue weighted by atomic mass is 9.97. The van der Waals surface area contributed by atoms with E-state index in [0.717, 1.165) is 19.3 Å². The zero-order valence-electron chi connectivity index (χ0n) is 12.0. The van der Waals surface area contributed by atoms with Gasteiger partial charge in [0.1, 0.15) is 5.75 Å². The lowest BCUT2D eigenvalue weighted by molar-refractivity contribution is -0.138. The third kappa shape index (κ3) is 5.10. The van der Waals surface area contributed by atoms with Crippen LogP contribution in [-0.2, 0) is 9.59 Å². The van der Waals surface area contributed by atoms with Crippen molar-refractivity contribution >= 4 is 11.9 Å². The maximum Gasteiger partial charge on any atom is 0.303 e. The Morgan fingerprint density at radius 2 is 1.95 bits per heavy atom. The Labute approximate surface area is 124 Å². The van der Waals surface area contributed by atoms with Crippen LogP contribution in [-0.4, -0.2) is 41.6 Å². The molecule has 1 aromatic carbocycles. The molecule has 21 heavy (non-hydrogen) atoms. The number of nitrogens with zero attached hydrogens (tertiary/aromatic N) is 1. The number of hydrogen-bond donors (Lipinski definition) is 1. The standard InChI is InChI=1S/C16H21NO4/c18-15(12-21-14-6-2-1-3-7-14)17-9-4-5-13(8-10-17)11-16(19)20/h1-3,6-7,13H,4-5,8-12H2,(H,19,20)/t13-/m0/s1. The van der Waals surface area contributed by atoms with Crippen molar-refractivity contribution in [1.82, 2.24) is 4.90 Å². The molecule has 1 fully saturated rings. The molecule has 5 nitrogen and oxygen atoms in total. The van der Waals surface area contributed by atoms with Crippen LogP contribution in [0.4, 0.5) is 0 Å². The molecule has 1 N–H and O–H groups in total. The van der Waals surface area contributed by atoms with Crippen LogP contribution in [0.25, 0.3) is 0 Å². The number of carboxylic acids is 1. The first kappa shape index (κ1) is 15.4. The number of ether oxygens (including phenoxy) is 1. The number of carboxylic acid groups (broad SMARTS) is 1. The van der Waals surface area contributed by atoms with Crippen LogP contribution in [0.15, 0.2) is 30.3 Å². The van der Waals surface area contributed by atoms with E-state index in [0.29, 0.717) is 18.8 Å². The van der Waals surface area contributed by atoms with E-state index in [-0.39, 0.29) is 24.9 Å². The van der Waals surface area contributed by atoms with Gasteiger partial charge in [-0.05, 0) is 37.3 Å². The van der Waals surface area contributed by atoms with Gasteiger partial charge in [0.25, 0.3) is 5.91 Å². The van der Waals surface area contributed by atoms with Gasteiger partial charge in [-0.25, -0.2) is 0 Å². The lowest BCUT2D eigenvalue weighted by Gasteiger charge is -2.20. The Balaban J connectivity index is 1.79. The maximum atomic E-state index is 12.1. The second-order valence-electron chi connectivity index (χ2n) is 5.38. The average molecular weight is 291 g/mol. The molecule has 1 aliphatic heterocycles. The molecule has 5 heteroatoms. The van der Waals surface area contributed by atoms with Gasteiger partial charge in [-0.1, -0.05) is 18.2 Å². The molecule has 0 aliphatic carbocycles. The SMILES string of the molecule is O=C(O)C[C@H]1CCCN(C(=O)COc2ccccc2)CC1. The third-order valence-electron chi connectivity index (χ3n) is 3.77. The summed E-state index contributed by atoms with van der Waals surface area (Å²) < 4.78 is 5.47. The molecule has 1 aliphatic rings. The summed E-state index contributed by atoms with van der Waals surface area (Å²) in [5, 5.41) is 8.84. The number of para-hydroxylation sites is 1. The van der Waals surface area contributed by atoms with Gasteiger partial charge in [0.05, 0.1) is 0 Å². The summed E-state index contributed by atoms with van der Waals surface area (Å²) in [5.41, 5.74) is 0. The predicted molar refractivity (Wildman–Crippen MR) is 78.1 cm³/mol. The number of benzene rings is 1. The number of amides is 1. The van der Waals surface area contributed by atoms with E-state index >= 15 is 0 Å². The zero-order chi connectivity index (χ0) is 15.1. The minimum Gasteiger partial charge on any atom is -0.484 e. The molecule has 1 aromatic rings. The molecule has 1 atom stereocenters. The first-order valence-corrected chi connectivity index (χ1v) is 7.32. The summed E-state index contributed by atoms with van der Waals surface area (Å²) in [5.74, 6) is 0.0711. The van der Waals surface area contributed by atoms with E-state index in [4.69, 9.17) is 9.84 Å². The molecular formula is C16H21NO4. The zero-order valence-corrected chi connectivity index (χ0v) is 12.0. The van der Waals surface area contributed by atoms with E-state index < -0.39 is 5.97 Å². The molecular weight excluding hydrogens is 270 g/mol. The number of carbonyl (C=O) groups is 2. The van der Waals surface area contributed by atoms with Crippen LogP contribution >= 0.6 is 0 Å². The summed E-state index contributed by atoms with van der Waals surface area (Å²) in [6, 6.07) is 9.26. The van der Waals surface area contributed by atoms with E-state index in [2.05, 4.69) is 0 Å². The topological polar surface area (TPSA) is 66.8 Å². The summed E-state index contributed by atoms with van der Waals surface area (Å²) >= 11 is 0. The quantitative estimate of drug-likeness (QED) is 0.903. The van der Waals surface area contributed by atoms with Crippen molar-refractivity contribution in [3.05, 3.63) is 30.3 Å². The molecule has 0 radical (unpaired) electrons. The summed E-state index contributed by atoms with van der Waals surface area (Å²) in [6.45, 7) is 1.34. The first-order valence-electron chi connectivity index (χ1n) is 7.32. The molecule has 1 heterocycles. The van der Waals surface area contributed by atoms with Crippen LogP contribution < -0.4 is 4.74 Å². The number of likely N-dealkylation sites (tertiary alicyclic amines) is 1. The van der Waals surface area contributed by atoms with Crippen molar-refractivity contribution in [2.24, 2.45) is 5.92 Å². The molecule has 1 saturated heterocycles. The molecule has 1 amide bonds. The summed E-state index contributed by atoms with van der Waals surface area (Å²) in [7, 11) is 0. The van der Waals surface area contributed by atoms with Gasteiger partial charge in [-0.2, -0.15) is 0 Å². The monoisotopic (exact) mass is 291 g/mol.